The van der Waals surface area contributed by atoms with Gasteiger partial charge in [0.1, 0.15) is 0 Å². The molecule has 0 bridgehead atoms. The van der Waals surface area contributed by atoms with E-state index >= 15 is 0 Å². The molecular weight excluding hydrogens is 472 g/mol. The second kappa shape index (κ2) is 13.6. The summed E-state index contributed by atoms with van der Waals surface area (Å²) < 4.78 is 18.4. The van der Waals surface area contributed by atoms with Gasteiger partial charge in [0.25, 0.3) is 0 Å². The van der Waals surface area contributed by atoms with Crippen molar-refractivity contribution < 1.29 is 19.3 Å². The molecule has 214 valence electrons. The number of aliphatic hydroxyl groups is 1. The quantitative estimate of drug-likeness (QED) is 0.224. The average Bonchev–Trinajstić information content (AvgIpc) is 2.88. The predicted molar refractivity (Wildman–Crippen MR) is 159 cm³/mol. The summed E-state index contributed by atoms with van der Waals surface area (Å²) in [6.07, 6.45) is 3.52. The third kappa shape index (κ3) is 8.39. The highest BCUT2D eigenvalue weighted by Crippen LogP contribution is 2.35. The Balaban J connectivity index is 2.04. The zero-order valence-corrected chi connectivity index (χ0v) is 25.8. The maximum atomic E-state index is 9.11. The van der Waals surface area contributed by atoms with Gasteiger partial charge in [-0.05, 0) is 76.1 Å². The number of hydrogen-bond donors (Lipinski definition) is 1. The Bertz CT molecular complexity index is 955. The molecule has 2 rings (SSSR count). The van der Waals surface area contributed by atoms with E-state index in [0.29, 0.717) is 25.7 Å². The number of hydrogen-bond acceptors (Lipinski definition) is 4. The first kappa shape index (κ1) is 32.5. The normalized spacial score (nSPS) is 14.1. The molecule has 1 N–H and O–H groups in total. The Morgan fingerprint density at radius 3 is 1.39 bits per heavy atom. The zero-order chi connectivity index (χ0) is 28.6. The van der Waals surface area contributed by atoms with Gasteiger partial charge in [-0.2, -0.15) is 0 Å². The van der Waals surface area contributed by atoms with Gasteiger partial charge < -0.3 is 19.3 Å². The molecule has 0 heterocycles. The Hall–Kier alpha value is -1.72. The van der Waals surface area contributed by atoms with Crippen molar-refractivity contribution in [1.29, 1.82) is 0 Å². The van der Waals surface area contributed by atoms with Crippen LogP contribution in [0.5, 0.6) is 0 Å². The van der Waals surface area contributed by atoms with Crippen LogP contribution >= 0.6 is 0 Å². The van der Waals surface area contributed by atoms with E-state index in [4.69, 9.17) is 19.3 Å². The van der Waals surface area contributed by atoms with Gasteiger partial charge in [-0.25, -0.2) is 0 Å². The van der Waals surface area contributed by atoms with E-state index < -0.39 is 11.2 Å². The Kier molecular flexibility index (Phi) is 11.6. The molecule has 2 aromatic rings. The smallest absolute Gasteiger partial charge is 0.0876 e. The SMILES string of the molecule is CCCC(CC)C(C)(C)OCCOC(C)(C)c1ccc(C(C)(C)c2ccc(C(C)(C)OCCO)cc2)cc1. The van der Waals surface area contributed by atoms with E-state index in [2.05, 4.69) is 104 Å². The summed E-state index contributed by atoms with van der Waals surface area (Å²) in [6, 6.07) is 17.5. The maximum Gasteiger partial charge on any atom is 0.0876 e. The lowest BCUT2D eigenvalue weighted by molar-refractivity contribution is -0.108. The van der Waals surface area contributed by atoms with Crippen molar-refractivity contribution in [2.75, 3.05) is 26.4 Å². The van der Waals surface area contributed by atoms with Crippen LogP contribution < -0.4 is 0 Å². The summed E-state index contributed by atoms with van der Waals surface area (Å²) >= 11 is 0. The van der Waals surface area contributed by atoms with Gasteiger partial charge >= 0.3 is 0 Å². The molecule has 0 amide bonds. The molecule has 1 unspecified atom stereocenters. The molecule has 0 aliphatic carbocycles. The largest absolute Gasteiger partial charge is 0.394 e. The van der Waals surface area contributed by atoms with Gasteiger partial charge in [-0.1, -0.05) is 89.1 Å². The molecule has 0 saturated carbocycles. The van der Waals surface area contributed by atoms with E-state index in [1.54, 1.807) is 0 Å². The molecule has 4 nitrogen and oxygen atoms in total. The minimum atomic E-state index is -0.438. The fraction of sp³-hybridized carbons (Fsp3) is 0.647. The minimum Gasteiger partial charge on any atom is -0.394 e. The van der Waals surface area contributed by atoms with Crippen LogP contribution in [0, 0.1) is 5.92 Å². The highest BCUT2D eigenvalue weighted by molar-refractivity contribution is 5.41. The van der Waals surface area contributed by atoms with Crippen molar-refractivity contribution >= 4 is 0 Å². The van der Waals surface area contributed by atoms with Crippen LogP contribution in [0.15, 0.2) is 48.5 Å². The number of aliphatic hydroxyl groups excluding tert-OH is 1. The summed E-state index contributed by atoms with van der Waals surface area (Å²) in [6.45, 7) is 23.3. The summed E-state index contributed by atoms with van der Waals surface area (Å²) in [5, 5.41) is 9.11. The van der Waals surface area contributed by atoms with Crippen LogP contribution in [0.2, 0.25) is 0 Å². The third-order valence-corrected chi connectivity index (χ3v) is 8.29. The van der Waals surface area contributed by atoms with Crippen molar-refractivity contribution in [3.05, 3.63) is 70.8 Å². The molecular formula is C34H54O4. The average molecular weight is 527 g/mol. The molecule has 0 saturated heterocycles. The van der Waals surface area contributed by atoms with E-state index in [1.165, 1.54) is 24.0 Å². The summed E-state index contributed by atoms with van der Waals surface area (Å²) in [5.41, 5.74) is 3.65. The summed E-state index contributed by atoms with van der Waals surface area (Å²) in [5.74, 6) is 0.568. The first-order valence-corrected chi connectivity index (χ1v) is 14.5. The van der Waals surface area contributed by atoms with Crippen LogP contribution in [0.4, 0.5) is 0 Å². The van der Waals surface area contributed by atoms with Crippen LogP contribution in [0.3, 0.4) is 0 Å². The number of rotatable bonds is 16. The van der Waals surface area contributed by atoms with Crippen LogP contribution in [-0.4, -0.2) is 37.1 Å². The third-order valence-electron chi connectivity index (χ3n) is 8.29. The summed E-state index contributed by atoms with van der Waals surface area (Å²) in [4.78, 5) is 0. The van der Waals surface area contributed by atoms with Gasteiger partial charge in [0.05, 0.1) is 43.2 Å². The molecule has 4 heteroatoms. The Labute approximate surface area is 233 Å². The monoisotopic (exact) mass is 526 g/mol. The molecule has 0 spiro atoms. The van der Waals surface area contributed by atoms with Crippen LogP contribution in [-0.2, 0) is 30.8 Å². The van der Waals surface area contributed by atoms with Gasteiger partial charge in [0.15, 0.2) is 0 Å². The Morgan fingerprint density at radius 2 is 1.00 bits per heavy atom. The maximum absolute atomic E-state index is 9.11. The molecule has 0 fully saturated rings. The predicted octanol–water partition coefficient (Wildman–Crippen LogP) is 8.13. The van der Waals surface area contributed by atoms with Crippen molar-refractivity contribution in [2.24, 2.45) is 5.92 Å². The summed E-state index contributed by atoms with van der Waals surface area (Å²) in [7, 11) is 0. The molecule has 1 atom stereocenters. The van der Waals surface area contributed by atoms with Gasteiger partial charge in [0.2, 0.25) is 0 Å². The minimum absolute atomic E-state index is 0.0246. The second-order valence-electron chi connectivity index (χ2n) is 12.6. The number of ether oxygens (including phenoxy) is 3. The topological polar surface area (TPSA) is 47.9 Å². The van der Waals surface area contributed by atoms with Crippen molar-refractivity contribution in [3.8, 4) is 0 Å². The van der Waals surface area contributed by atoms with Gasteiger partial charge in [-0.3, -0.25) is 0 Å². The molecule has 0 radical (unpaired) electrons. The highest BCUT2D eigenvalue weighted by Gasteiger charge is 2.30. The molecule has 0 aromatic heterocycles. The van der Waals surface area contributed by atoms with Gasteiger partial charge in [0, 0.05) is 5.41 Å². The van der Waals surface area contributed by atoms with E-state index in [0.717, 1.165) is 17.5 Å². The first-order chi connectivity index (χ1) is 17.7. The molecule has 0 aliphatic rings. The van der Waals surface area contributed by atoms with Crippen molar-refractivity contribution in [3.63, 3.8) is 0 Å². The van der Waals surface area contributed by atoms with Crippen molar-refractivity contribution in [1.82, 2.24) is 0 Å². The van der Waals surface area contributed by atoms with Gasteiger partial charge in [-0.15, -0.1) is 0 Å². The second-order valence-corrected chi connectivity index (χ2v) is 12.6. The number of benzene rings is 2. The molecule has 2 aromatic carbocycles. The lowest BCUT2D eigenvalue weighted by Crippen LogP contribution is -2.36. The molecule has 0 aliphatic heterocycles. The van der Waals surface area contributed by atoms with E-state index in [9.17, 15) is 0 Å². The first-order valence-electron chi connectivity index (χ1n) is 14.5. The van der Waals surface area contributed by atoms with Crippen LogP contribution in [0.25, 0.3) is 0 Å². The van der Waals surface area contributed by atoms with Crippen molar-refractivity contribution in [2.45, 2.75) is 111 Å². The zero-order valence-electron chi connectivity index (χ0n) is 25.8. The molecule has 38 heavy (non-hydrogen) atoms. The lowest BCUT2D eigenvalue weighted by atomic mass is 9.77. The van der Waals surface area contributed by atoms with E-state index in [1.807, 2.05) is 13.8 Å². The fourth-order valence-corrected chi connectivity index (χ4v) is 5.32. The standard InChI is InChI=1S/C34H54O4/c1-11-13-26(12-2)32(5,6)37-24-25-38-34(9,10)30-20-16-28(17-21-30)31(3,4)27-14-18-29(19-15-27)33(7,8)36-23-22-35/h14-21,26,35H,11-13,22-25H2,1-10H3. The fourth-order valence-electron chi connectivity index (χ4n) is 5.32. The van der Waals surface area contributed by atoms with E-state index in [-0.39, 0.29) is 17.6 Å². The Morgan fingerprint density at radius 1 is 0.605 bits per heavy atom. The highest BCUT2D eigenvalue weighted by atomic mass is 16.5. The lowest BCUT2D eigenvalue weighted by Gasteiger charge is -2.35. The van der Waals surface area contributed by atoms with Crippen LogP contribution in [0.1, 0.15) is 111 Å².